The lowest BCUT2D eigenvalue weighted by atomic mass is 10.3. The Labute approximate surface area is 91.5 Å². The van der Waals surface area contributed by atoms with Crippen LogP contribution in [0.25, 0.3) is 0 Å². The molecule has 0 atom stereocenters. The first-order valence-corrected chi connectivity index (χ1v) is 5.29. The normalized spacial score (nSPS) is 19.9. The number of nitrogens with zero attached hydrogens (tertiary/aromatic N) is 4. The van der Waals surface area contributed by atoms with E-state index >= 15 is 0 Å². The van der Waals surface area contributed by atoms with E-state index in [9.17, 15) is 0 Å². The highest BCUT2D eigenvalue weighted by atomic mass is 15.4. The topological polar surface area (TPSA) is 74.1 Å². The molecule has 88 valence electrons. The molecular weight excluding hydrogens is 192 g/mol. The van der Waals surface area contributed by atoms with Crippen molar-refractivity contribution >= 4 is 5.96 Å². The highest BCUT2D eigenvalue weighted by Crippen LogP contribution is 2.00. The first kappa shape index (κ1) is 12.1. The Morgan fingerprint density at radius 2 is 1.87 bits per heavy atom. The van der Waals surface area contributed by atoms with E-state index in [1.165, 1.54) is 0 Å². The zero-order valence-corrected chi connectivity index (χ0v) is 9.69. The summed E-state index contributed by atoms with van der Waals surface area (Å²) in [5.74, 6) is 5.58. The van der Waals surface area contributed by atoms with Crippen molar-refractivity contribution in [1.82, 2.24) is 14.7 Å². The number of hydrogen-bond acceptors (Lipinski definition) is 4. The molecule has 0 saturated carbocycles. The van der Waals surface area contributed by atoms with Crippen molar-refractivity contribution in [2.45, 2.75) is 0 Å². The molecule has 1 saturated heterocycles. The van der Waals surface area contributed by atoms with Crippen molar-refractivity contribution in [3.05, 3.63) is 0 Å². The van der Waals surface area contributed by atoms with Gasteiger partial charge in [0.05, 0.1) is 0 Å². The van der Waals surface area contributed by atoms with Crippen LogP contribution in [0.4, 0.5) is 0 Å². The van der Waals surface area contributed by atoms with Crippen molar-refractivity contribution in [1.29, 1.82) is 0 Å². The Morgan fingerprint density at radius 1 is 1.27 bits per heavy atom. The van der Waals surface area contributed by atoms with Crippen LogP contribution >= 0.6 is 0 Å². The minimum absolute atomic E-state index is 0.447. The van der Waals surface area contributed by atoms with Gasteiger partial charge >= 0.3 is 0 Å². The zero-order valence-electron chi connectivity index (χ0n) is 9.69. The maximum Gasteiger partial charge on any atom is 0.213 e. The van der Waals surface area contributed by atoms with Gasteiger partial charge < -0.3 is 21.4 Å². The van der Waals surface area contributed by atoms with Crippen molar-refractivity contribution in [3.8, 4) is 0 Å². The van der Waals surface area contributed by atoms with Crippen molar-refractivity contribution < 1.29 is 0 Å². The third-order valence-electron chi connectivity index (χ3n) is 2.69. The molecule has 0 amide bonds. The summed E-state index contributed by atoms with van der Waals surface area (Å²) in [5, 5.41) is 3.51. The molecule has 0 aliphatic carbocycles. The summed E-state index contributed by atoms with van der Waals surface area (Å²) in [6.45, 7) is 6.11. The molecule has 0 aromatic rings. The highest BCUT2D eigenvalue weighted by Gasteiger charge is 2.17. The molecule has 1 rings (SSSR count). The SMILES string of the molecule is CN(C)CCN1CCN(C(N)=NN)CC1. The van der Waals surface area contributed by atoms with Crippen LogP contribution in [0.5, 0.6) is 0 Å². The van der Waals surface area contributed by atoms with Gasteiger partial charge in [-0.05, 0) is 14.1 Å². The number of hydrazone groups is 1. The number of piperazine rings is 1. The van der Waals surface area contributed by atoms with Crippen LogP contribution in [-0.4, -0.2) is 74.0 Å². The van der Waals surface area contributed by atoms with Crippen LogP contribution in [0.3, 0.4) is 0 Å². The molecule has 0 aromatic carbocycles. The lowest BCUT2D eigenvalue weighted by molar-refractivity contribution is 0.168. The summed E-state index contributed by atoms with van der Waals surface area (Å²) < 4.78 is 0. The standard InChI is InChI=1S/C9H22N6/c1-13(2)3-4-14-5-7-15(8-6-14)9(10)12-11/h3-8,11H2,1-2H3,(H2,10,12). The van der Waals surface area contributed by atoms with Gasteiger partial charge in [0.15, 0.2) is 0 Å². The predicted octanol–water partition coefficient (Wildman–Crippen LogP) is -1.65. The zero-order chi connectivity index (χ0) is 11.3. The van der Waals surface area contributed by atoms with E-state index in [4.69, 9.17) is 11.6 Å². The molecule has 0 radical (unpaired) electrons. The molecule has 6 heteroatoms. The number of rotatable bonds is 3. The van der Waals surface area contributed by atoms with E-state index in [0.717, 1.165) is 39.3 Å². The molecule has 1 heterocycles. The van der Waals surface area contributed by atoms with Gasteiger partial charge in [-0.25, -0.2) is 0 Å². The Bertz CT molecular complexity index is 207. The van der Waals surface area contributed by atoms with Gasteiger partial charge in [0.1, 0.15) is 0 Å². The first-order valence-electron chi connectivity index (χ1n) is 5.29. The van der Waals surface area contributed by atoms with Gasteiger partial charge in [-0.3, -0.25) is 4.90 Å². The Hall–Kier alpha value is -1.01. The van der Waals surface area contributed by atoms with Crippen LogP contribution in [-0.2, 0) is 0 Å². The van der Waals surface area contributed by atoms with Crippen LogP contribution < -0.4 is 11.6 Å². The molecule has 1 fully saturated rings. The molecule has 0 spiro atoms. The summed E-state index contributed by atoms with van der Waals surface area (Å²) in [7, 11) is 4.19. The summed E-state index contributed by atoms with van der Waals surface area (Å²) in [5.41, 5.74) is 5.64. The van der Waals surface area contributed by atoms with Crippen molar-refractivity contribution in [2.75, 3.05) is 53.4 Å². The molecule has 4 N–H and O–H groups in total. The van der Waals surface area contributed by atoms with E-state index in [1.807, 2.05) is 4.90 Å². The second-order valence-corrected chi connectivity index (χ2v) is 4.12. The summed E-state index contributed by atoms with van der Waals surface area (Å²) in [4.78, 5) is 6.65. The maximum absolute atomic E-state index is 5.64. The lowest BCUT2D eigenvalue weighted by Gasteiger charge is -2.35. The second kappa shape index (κ2) is 5.77. The highest BCUT2D eigenvalue weighted by molar-refractivity contribution is 5.77. The Balaban J connectivity index is 2.24. The summed E-state index contributed by atoms with van der Waals surface area (Å²) >= 11 is 0. The number of nitrogens with two attached hydrogens (primary N) is 2. The number of likely N-dealkylation sites (N-methyl/N-ethyl adjacent to an activating group) is 1. The average molecular weight is 214 g/mol. The van der Waals surface area contributed by atoms with Gasteiger partial charge in [0, 0.05) is 39.3 Å². The van der Waals surface area contributed by atoms with Gasteiger partial charge in [-0.15, -0.1) is 5.10 Å². The van der Waals surface area contributed by atoms with E-state index in [0.29, 0.717) is 5.96 Å². The third kappa shape index (κ3) is 3.93. The van der Waals surface area contributed by atoms with E-state index in [-0.39, 0.29) is 0 Å². The second-order valence-electron chi connectivity index (χ2n) is 4.12. The fraction of sp³-hybridized carbons (Fsp3) is 0.889. The van der Waals surface area contributed by atoms with Gasteiger partial charge in [-0.1, -0.05) is 0 Å². The minimum atomic E-state index is 0.447. The van der Waals surface area contributed by atoms with Gasteiger partial charge in [-0.2, -0.15) is 0 Å². The molecule has 0 bridgehead atoms. The smallest absolute Gasteiger partial charge is 0.213 e. The van der Waals surface area contributed by atoms with E-state index in [1.54, 1.807) is 0 Å². The quantitative estimate of drug-likeness (QED) is 0.255. The lowest BCUT2D eigenvalue weighted by Crippen LogP contribution is -2.52. The van der Waals surface area contributed by atoms with Gasteiger partial charge in [0.25, 0.3) is 0 Å². The Kier molecular flexibility index (Phi) is 4.64. The van der Waals surface area contributed by atoms with E-state index < -0.39 is 0 Å². The monoisotopic (exact) mass is 214 g/mol. The molecular formula is C9H22N6. The molecule has 6 nitrogen and oxygen atoms in total. The first-order chi connectivity index (χ1) is 7.13. The fourth-order valence-electron chi connectivity index (χ4n) is 1.62. The minimum Gasteiger partial charge on any atom is -0.368 e. The molecule has 1 aliphatic rings. The molecule has 0 unspecified atom stereocenters. The van der Waals surface area contributed by atoms with E-state index in [2.05, 4.69) is 29.0 Å². The van der Waals surface area contributed by atoms with Crippen LogP contribution in [0.2, 0.25) is 0 Å². The largest absolute Gasteiger partial charge is 0.368 e. The maximum atomic E-state index is 5.64. The molecule has 1 aliphatic heterocycles. The summed E-state index contributed by atoms with van der Waals surface area (Å²) in [6, 6.07) is 0. The van der Waals surface area contributed by atoms with Crippen LogP contribution in [0.1, 0.15) is 0 Å². The number of guanidine groups is 1. The predicted molar refractivity (Wildman–Crippen MR) is 62.4 cm³/mol. The van der Waals surface area contributed by atoms with Crippen LogP contribution in [0.15, 0.2) is 5.10 Å². The Morgan fingerprint density at radius 3 is 2.33 bits per heavy atom. The number of hydrogen-bond donors (Lipinski definition) is 2. The van der Waals surface area contributed by atoms with Crippen LogP contribution in [0, 0.1) is 0 Å². The third-order valence-corrected chi connectivity index (χ3v) is 2.69. The fourth-order valence-corrected chi connectivity index (χ4v) is 1.62. The molecule has 0 aromatic heterocycles. The average Bonchev–Trinajstić information content (AvgIpc) is 2.26. The summed E-state index contributed by atoms with van der Waals surface area (Å²) in [6.07, 6.45) is 0. The van der Waals surface area contributed by atoms with Gasteiger partial charge in [0.2, 0.25) is 5.96 Å². The van der Waals surface area contributed by atoms with Crippen molar-refractivity contribution in [3.63, 3.8) is 0 Å². The molecule has 15 heavy (non-hydrogen) atoms. The van der Waals surface area contributed by atoms with Crippen molar-refractivity contribution in [2.24, 2.45) is 16.7 Å².